The average molecular weight is 263 g/mol. The highest BCUT2D eigenvalue weighted by molar-refractivity contribution is 5.92. The molecule has 9 nitrogen and oxygen atoms in total. The maximum Gasteiger partial charge on any atom is 0.377 e. The minimum Gasteiger partial charge on any atom is -0.478 e. The highest BCUT2D eigenvalue weighted by Gasteiger charge is 2.17. The Morgan fingerprint density at radius 1 is 1.42 bits per heavy atom. The van der Waals surface area contributed by atoms with Crippen LogP contribution in [0.1, 0.15) is 21.0 Å². The molecular weight excluding hydrogens is 254 g/mol. The predicted octanol–water partition coefficient (Wildman–Crippen LogP) is -0.271. The summed E-state index contributed by atoms with van der Waals surface area (Å²) in [6, 6.07) is 1.24. The SMILES string of the molecule is COC(=O)c1ncn(-c2ncc(N)cc2C(=O)O)n1. The number of carbonyl (C=O) groups excluding carboxylic acids is 1. The van der Waals surface area contributed by atoms with E-state index in [1.165, 1.54) is 19.4 Å². The minimum absolute atomic E-state index is 0.00403. The van der Waals surface area contributed by atoms with Gasteiger partial charge in [-0.3, -0.25) is 0 Å². The molecule has 0 saturated carbocycles. The quantitative estimate of drug-likeness (QED) is 0.723. The van der Waals surface area contributed by atoms with Gasteiger partial charge in [-0.1, -0.05) is 0 Å². The number of aromatic nitrogens is 4. The largest absolute Gasteiger partial charge is 0.478 e. The van der Waals surface area contributed by atoms with Gasteiger partial charge >= 0.3 is 11.9 Å². The highest BCUT2D eigenvalue weighted by Crippen LogP contribution is 2.14. The molecule has 0 unspecified atom stereocenters. The Kier molecular flexibility index (Phi) is 3.10. The van der Waals surface area contributed by atoms with E-state index in [4.69, 9.17) is 10.8 Å². The van der Waals surface area contributed by atoms with Gasteiger partial charge in [-0.25, -0.2) is 24.2 Å². The molecule has 2 heterocycles. The number of rotatable bonds is 3. The standard InChI is InChI=1S/C10H9N5O4/c1-19-10(18)7-13-4-15(14-7)8-6(9(16)17)2-5(11)3-12-8/h2-4H,11H2,1H3,(H,16,17). The molecule has 3 N–H and O–H groups in total. The predicted molar refractivity (Wildman–Crippen MR) is 61.9 cm³/mol. The molecule has 2 aromatic heterocycles. The van der Waals surface area contributed by atoms with Crippen LogP contribution in [0.5, 0.6) is 0 Å². The van der Waals surface area contributed by atoms with Crippen LogP contribution >= 0.6 is 0 Å². The molecule has 0 amide bonds. The molecule has 0 spiro atoms. The van der Waals surface area contributed by atoms with Crippen LogP contribution in [0.4, 0.5) is 5.69 Å². The normalized spacial score (nSPS) is 10.2. The molecular formula is C10H9N5O4. The number of methoxy groups -OCH3 is 1. The lowest BCUT2D eigenvalue weighted by Gasteiger charge is -2.04. The number of nitrogen functional groups attached to an aromatic ring is 1. The third-order valence-electron chi connectivity index (χ3n) is 2.20. The molecule has 0 atom stereocenters. The molecule has 98 valence electrons. The lowest BCUT2D eigenvalue weighted by atomic mass is 10.2. The van der Waals surface area contributed by atoms with Crippen molar-refractivity contribution < 1.29 is 19.4 Å². The van der Waals surface area contributed by atoms with Crippen LogP contribution < -0.4 is 5.73 Å². The second kappa shape index (κ2) is 4.72. The third-order valence-corrected chi connectivity index (χ3v) is 2.20. The number of aromatic carboxylic acids is 1. The van der Waals surface area contributed by atoms with Crippen molar-refractivity contribution in [2.24, 2.45) is 0 Å². The van der Waals surface area contributed by atoms with E-state index in [2.05, 4.69) is 19.8 Å². The van der Waals surface area contributed by atoms with Gasteiger partial charge in [0.15, 0.2) is 5.82 Å². The molecule has 0 saturated heterocycles. The number of esters is 1. The Hall–Kier alpha value is -2.97. The zero-order valence-electron chi connectivity index (χ0n) is 9.77. The maximum atomic E-state index is 11.2. The van der Waals surface area contributed by atoms with E-state index in [9.17, 15) is 9.59 Å². The summed E-state index contributed by atoms with van der Waals surface area (Å²) < 4.78 is 5.51. The van der Waals surface area contributed by atoms with Gasteiger partial charge < -0.3 is 15.6 Å². The molecule has 0 aliphatic carbocycles. The summed E-state index contributed by atoms with van der Waals surface area (Å²) in [5.74, 6) is -2.14. The van der Waals surface area contributed by atoms with Crippen molar-refractivity contribution in [3.8, 4) is 5.82 Å². The van der Waals surface area contributed by atoms with Gasteiger partial charge in [0.05, 0.1) is 19.0 Å². The van der Waals surface area contributed by atoms with Crippen molar-refractivity contribution in [3.63, 3.8) is 0 Å². The second-order valence-electron chi connectivity index (χ2n) is 3.45. The molecule has 19 heavy (non-hydrogen) atoms. The van der Waals surface area contributed by atoms with Crippen LogP contribution in [-0.2, 0) is 4.74 Å². The number of carboxylic acids is 1. The molecule has 0 aliphatic heterocycles. The van der Waals surface area contributed by atoms with E-state index in [1.807, 2.05) is 0 Å². The molecule has 0 aromatic carbocycles. The van der Waals surface area contributed by atoms with Crippen LogP contribution in [0.15, 0.2) is 18.6 Å². The van der Waals surface area contributed by atoms with Gasteiger partial charge in [-0.2, -0.15) is 0 Å². The molecule has 0 bridgehead atoms. The minimum atomic E-state index is -1.22. The van der Waals surface area contributed by atoms with E-state index in [0.717, 1.165) is 11.0 Å². The Labute approximate surface area is 106 Å². The molecule has 0 fully saturated rings. The Bertz CT molecular complexity index is 651. The molecule has 0 aliphatic rings. The van der Waals surface area contributed by atoms with E-state index in [-0.39, 0.29) is 22.9 Å². The van der Waals surface area contributed by atoms with Gasteiger partial charge in [0.2, 0.25) is 0 Å². The fourth-order valence-corrected chi connectivity index (χ4v) is 1.36. The van der Waals surface area contributed by atoms with Crippen molar-refractivity contribution in [3.05, 3.63) is 30.0 Å². The Balaban J connectivity index is 2.50. The molecule has 2 aromatic rings. The van der Waals surface area contributed by atoms with E-state index in [1.54, 1.807) is 0 Å². The monoisotopic (exact) mass is 263 g/mol. The first-order valence-electron chi connectivity index (χ1n) is 5.02. The summed E-state index contributed by atoms with van der Waals surface area (Å²) >= 11 is 0. The second-order valence-corrected chi connectivity index (χ2v) is 3.45. The highest BCUT2D eigenvalue weighted by atomic mass is 16.5. The van der Waals surface area contributed by atoms with E-state index in [0.29, 0.717) is 0 Å². The number of carboxylic acid groups (broad SMARTS) is 1. The number of anilines is 1. The van der Waals surface area contributed by atoms with Crippen molar-refractivity contribution in [2.45, 2.75) is 0 Å². The first-order chi connectivity index (χ1) is 9.02. The number of ether oxygens (including phenoxy) is 1. The number of carbonyl (C=O) groups is 2. The summed E-state index contributed by atoms with van der Waals surface area (Å²) in [6.07, 6.45) is 2.44. The van der Waals surface area contributed by atoms with Crippen LogP contribution in [0, 0.1) is 0 Å². The van der Waals surface area contributed by atoms with Crippen molar-refractivity contribution in [1.82, 2.24) is 19.7 Å². The van der Waals surface area contributed by atoms with Crippen LogP contribution in [0.25, 0.3) is 5.82 Å². The number of nitrogens with zero attached hydrogens (tertiary/aromatic N) is 4. The van der Waals surface area contributed by atoms with Crippen LogP contribution in [-0.4, -0.2) is 43.9 Å². The fraction of sp³-hybridized carbons (Fsp3) is 0.100. The van der Waals surface area contributed by atoms with Crippen LogP contribution in [0.2, 0.25) is 0 Å². The lowest BCUT2D eigenvalue weighted by Crippen LogP contribution is -2.10. The van der Waals surface area contributed by atoms with Crippen LogP contribution in [0.3, 0.4) is 0 Å². The van der Waals surface area contributed by atoms with Gasteiger partial charge in [0.1, 0.15) is 11.9 Å². The average Bonchev–Trinajstić information content (AvgIpc) is 2.87. The smallest absolute Gasteiger partial charge is 0.377 e. The topological polar surface area (TPSA) is 133 Å². The van der Waals surface area contributed by atoms with Crippen molar-refractivity contribution in [1.29, 1.82) is 0 Å². The zero-order chi connectivity index (χ0) is 14.0. The fourth-order valence-electron chi connectivity index (χ4n) is 1.36. The lowest BCUT2D eigenvalue weighted by molar-refractivity contribution is 0.0586. The van der Waals surface area contributed by atoms with Gasteiger partial charge in [-0.05, 0) is 6.07 Å². The number of hydrogen-bond acceptors (Lipinski definition) is 7. The summed E-state index contributed by atoms with van der Waals surface area (Å²) in [5, 5.41) is 12.9. The summed E-state index contributed by atoms with van der Waals surface area (Å²) in [4.78, 5) is 29.9. The van der Waals surface area contributed by atoms with Crippen molar-refractivity contribution >= 4 is 17.6 Å². The number of pyridine rings is 1. The van der Waals surface area contributed by atoms with Gasteiger partial charge in [0, 0.05) is 0 Å². The number of nitrogens with two attached hydrogens (primary N) is 1. The Morgan fingerprint density at radius 2 is 2.16 bits per heavy atom. The first kappa shape index (κ1) is 12.5. The maximum absolute atomic E-state index is 11.2. The van der Waals surface area contributed by atoms with E-state index >= 15 is 0 Å². The third kappa shape index (κ3) is 2.34. The van der Waals surface area contributed by atoms with Crippen molar-refractivity contribution in [2.75, 3.05) is 12.8 Å². The molecule has 2 rings (SSSR count). The summed E-state index contributed by atoms with van der Waals surface area (Å²) in [7, 11) is 1.19. The zero-order valence-corrected chi connectivity index (χ0v) is 9.77. The summed E-state index contributed by atoms with van der Waals surface area (Å²) in [6.45, 7) is 0. The Morgan fingerprint density at radius 3 is 2.79 bits per heavy atom. The molecule has 0 radical (unpaired) electrons. The van der Waals surface area contributed by atoms with E-state index < -0.39 is 11.9 Å². The number of hydrogen-bond donors (Lipinski definition) is 2. The van der Waals surface area contributed by atoms with Gasteiger partial charge in [0.25, 0.3) is 5.82 Å². The first-order valence-corrected chi connectivity index (χ1v) is 5.02. The van der Waals surface area contributed by atoms with Gasteiger partial charge in [-0.15, -0.1) is 5.10 Å². The molecule has 9 heteroatoms. The summed E-state index contributed by atoms with van der Waals surface area (Å²) in [5.41, 5.74) is 5.52.